The van der Waals surface area contributed by atoms with Gasteiger partial charge < -0.3 is 4.57 Å². The van der Waals surface area contributed by atoms with E-state index in [9.17, 15) is 0 Å². The highest BCUT2D eigenvalue weighted by Crippen LogP contribution is 2.44. The van der Waals surface area contributed by atoms with Crippen LogP contribution in [0.15, 0.2) is 103 Å². The largest absolute Gasteiger partial charge is 0.343 e. The molecule has 4 aromatic rings. The van der Waals surface area contributed by atoms with E-state index < -0.39 is 0 Å². The maximum absolute atomic E-state index is 6.93. The lowest BCUT2D eigenvalue weighted by Crippen LogP contribution is -2.29. The van der Waals surface area contributed by atoms with E-state index in [4.69, 9.17) is 23.2 Å². The molecule has 0 radical (unpaired) electrons. The lowest BCUT2D eigenvalue weighted by atomic mass is 9.87. The Morgan fingerprint density at radius 2 is 1.46 bits per heavy atom. The summed E-state index contributed by atoms with van der Waals surface area (Å²) in [5, 5.41) is 2.67. The van der Waals surface area contributed by atoms with Crippen molar-refractivity contribution in [2.45, 2.75) is 38.1 Å². The van der Waals surface area contributed by atoms with E-state index >= 15 is 0 Å². The average Bonchev–Trinajstić information content (AvgIpc) is 3.27. The molecule has 0 aliphatic heterocycles. The molecule has 1 heterocycles. The Balaban J connectivity index is 1.60. The summed E-state index contributed by atoms with van der Waals surface area (Å²) in [6, 6.07) is 25.5. The molecule has 1 aromatic heterocycles. The zero-order valence-electron chi connectivity index (χ0n) is 22.5. The smallest absolute Gasteiger partial charge is 0.199 e. The molecule has 6 rings (SSSR count). The van der Waals surface area contributed by atoms with Gasteiger partial charge in [-0.25, -0.2) is 4.58 Å². The number of para-hydroxylation sites is 1. The van der Waals surface area contributed by atoms with Crippen molar-refractivity contribution < 1.29 is 4.58 Å². The Hall–Kier alpha value is -3.33. The van der Waals surface area contributed by atoms with Crippen molar-refractivity contribution in [1.82, 2.24) is 4.57 Å². The van der Waals surface area contributed by atoms with Crippen LogP contribution in [0.3, 0.4) is 0 Å². The summed E-state index contributed by atoms with van der Waals surface area (Å²) in [7, 11) is 4.38. The van der Waals surface area contributed by atoms with Crippen molar-refractivity contribution in [3.8, 4) is 11.3 Å². The maximum atomic E-state index is 6.93. The Morgan fingerprint density at radius 1 is 0.795 bits per heavy atom. The van der Waals surface area contributed by atoms with Crippen LogP contribution in [0.2, 0.25) is 10.0 Å². The van der Waals surface area contributed by atoms with Gasteiger partial charge in [0, 0.05) is 69.7 Å². The van der Waals surface area contributed by atoms with E-state index in [0.29, 0.717) is 6.04 Å². The summed E-state index contributed by atoms with van der Waals surface area (Å²) in [4.78, 5) is 0. The fourth-order valence-electron chi connectivity index (χ4n) is 6.23. The SMILES string of the molecule is Cn1c(-c2ccc(Cl)cc2)c(C(=C2C=CC(=[N+](C)C3CCCCC3)C=C2)c2ccccc2Cl)c2ccccc21. The molecule has 0 spiro atoms. The number of rotatable bonds is 4. The molecule has 196 valence electrons. The van der Waals surface area contributed by atoms with Gasteiger partial charge in [0.05, 0.1) is 5.69 Å². The zero-order valence-corrected chi connectivity index (χ0v) is 24.0. The molecule has 39 heavy (non-hydrogen) atoms. The molecular formula is C35H33Cl2N2+. The second kappa shape index (κ2) is 11.0. The van der Waals surface area contributed by atoms with Crippen molar-refractivity contribution in [1.29, 1.82) is 0 Å². The molecule has 0 unspecified atom stereocenters. The van der Waals surface area contributed by atoms with Crippen LogP contribution < -0.4 is 0 Å². The standard InChI is InChI=1S/C35H33Cl2N2/c1-38(27-10-4-3-5-11-27)28-22-18-24(19-23-28)33(29-12-6-8-14-31(29)37)34-30-13-7-9-15-32(30)39(2)35(34)25-16-20-26(36)21-17-25/h6-9,12-23,27H,3-5,10-11H2,1-2H3/q+1. The zero-order chi connectivity index (χ0) is 26.9. The third-order valence-electron chi connectivity index (χ3n) is 8.30. The number of hydrogen-bond donors (Lipinski definition) is 0. The highest BCUT2D eigenvalue weighted by molar-refractivity contribution is 6.33. The van der Waals surface area contributed by atoms with Crippen LogP contribution in [0.1, 0.15) is 43.2 Å². The van der Waals surface area contributed by atoms with Gasteiger partial charge in [-0.1, -0.05) is 78.2 Å². The first-order valence-electron chi connectivity index (χ1n) is 13.8. The van der Waals surface area contributed by atoms with Crippen LogP contribution in [0.4, 0.5) is 0 Å². The fraction of sp³-hybridized carbons (Fsp3) is 0.229. The third-order valence-corrected chi connectivity index (χ3v) is 8.89. The van der Waals surface area contributed by atoms with Crippen molar-refractivity contribution in [2.75, 3.05) is 7.05 Å². The number of halogens is 2. The Labute approximate surface area is 241 Å². The van der Waals surface area contributed by atoms with Gasteiger partial charge in [0.2, 0.25) is 0 Å². The van der Waals surface area contributed by atoms with Crippen LogP contribution in [-0.4, -0.2) is 27.9 Å². The summed E-state index contributed by atoms with van der Waals surface area (Å²) < 4.78 is 4.76. The van der Waals surface area contributed by atoms with Gasteiger partial charge in [-0.15, -0.1) is 0 Å². The van der Waals surface area contributed by atoms with Gasteiger partial charge in [-0.3, -0.25) is 0 Å². The van der Waals surface area contributed by atoms with Gasteiger partial charge in [-0.2, -0.15) is 0 Å². The van der Waals surface area contributed by atoms with Crippen LogP contribution in [0.25, 0.3) is 27.7 Å². The molecular weight excluding hydrogens is 519 g/mol. The Morgan fingerprint density at radius 3 is 2.18 bits per heavy atom. The summed E-state index contributed by atoms with van der Waals surface area (Å²) in [6.45, 7) is 0. The fourth-order valence-corrected chi connectivity index (χ4v) is 6.59. The number of benzene rings is 3. The van der Waals surface area contributed by atoms with Gasteiger partial charge >= 0.3 is 0 Å². The second-order valence-corrected chi connectivity index (χ2v) is 11.5. The first kappa shape index (κ1) is 25.9. The second-order valence-electron chi connectivity index (χ2n) is 10.6. The molecule has 0 bridgehead atoms. The lowest BCUT2D eigenvalue weighted by Gasteiger charge is -2.20. The number of fused-ring (bicyclic) bond motifs is 1. The first-order chi connectivity index (χ1) is 19.0. The number of nitrogens with zero attached hydrogens (tertiary/aromatic N) is 2. The normalized spacial score (nSPS) is 15.8. The number of hydrogen-bond acceptors (Lipinski definition) is 0. The summed E-state index contributed by atoms with van der Waals surface area (Å²) >= 11 is 13.2. The molecule has 0 saturated heterocycles. The molecule has 1 saturated carbocycles. The van der Waals surface area contributed by atoms with Gasteiger partial charge in [-0.05, 0) is 60.4 Å². The molecule has 1 fully saturated rings. The molecule has 0 atom stereocenters. The predicted molar refractivity (Wildman–Crippen MR) is 167 cm³/mol. The van der Waals surface area contributed by atoms with Crippen LogP contribution >= 0.6 is 23.2 Å². The number of aromatic nitrogens is 1. The van der Waals surface area contributed by atoms with E-state index in [-0.39, 0.29) is 0 Å². The Kier molecular flexibility index (Phi) is 7.34. The maximum Gasteiger partial charge on any atom is 0.199 e. The molecule has 0 N–H and O–H groups in total. The van der Waals surface area contributed by atoms with Crippen LogP contribution in [0, 0.1) is 0 Å². The number of allylic oxidation sites excluding steroid dienone is 5. The molecule has 2 aliphatic carbocycles. The molecule has 2 aliphatic rings. The first-order valence-corrected chi connectivity index (χ1v) is 14.6. The monoisotopic (exact) mass is 551 g/mol. The minimum absolute atomic E-state index is 0.617. The van der Waals surface area contributed by atoms with Crippen molar-refractivity contribution in [3.05, 3.63) is 124 Å². The highest BCUT2D eigenvalue weighted by atomic mass is 35.5. The summed E-state index contributed by atoms with van der Waals surface area (Å²) in [6.07, 6.45) is 15.6. The van der Waals surface area contributed by atoms with E-state index in [1.165, 1.54) is 54.3 Å². The minimum Gasteiger partial charge on any atom is -0.343 e. The van der Waals surface area contributed by atoms with E-state index in [2.05, 4.69) is 96.1 Å². The third kappa shape index (κ3) is 4.93. The topological polar surface area (TPSA) is 7.94 Å². The van der Waals surface area contributed by atoms with Crippen molar-refractivity contribution >= 4 is 45.4 Å². The van der Waals surface area contributed by atoms with Crippen LogP contribution in [0.5, 0.6) is 0 Å². The molecule has 4 heteroatoms. The van der Waals surface area contributed by atoms with Gasteiger partial charge in [0.25, 0.3) is 0 Å². The summed E-state index contributed by atoms with van der Waals surface area (Å²) in [5.74, 6) is 0. The summed E-state index contributed by atoms with van der Waals surface area (Å²) in [5.41, 5.74) is 9.19. The van der Waals surface area contributed by atoms with Crippen molar-refractivity contribution in [2.24, 2.45) is 7.05 Å². The van der Waals surface area contributed by atoms with E-state index in [1.54, 1.807) is 0 Å². The molecule has 3 aromatic carbocycles. The molecule has 0 amide bonds. The minimum atomic E-state index is 0.617. The van der Waals surface area contributed by atoms with Crippen LogP contribution in [-0.2, 0) is 7.05 Å². The quantitative estimate of drug-likeness (QED) is 0.223. The van der Waals surface area contributed by atoms with Gasteiger partial charge in [0.1, 0.15) is 7.05 Å². The van der Waals surface area contributed by atoms with Gasteiger partial charge in [0.15, 0.2) is 11.8 Å². The number of aryl methyl sites for hydroxylation is 1. The predicted octanol–water partition coefficient (Wildman–Crippen LogP) is 9.50. The van der Waals surface area contributed by atoms with Crippen molar-refractivity contribution in [3.63, 3.8) is 0 Å². The van der Waals surface area contributed by atoms with E-state index in [1.807, 2.05) is 24.3 Å². The highest BCUT2D eigenvalue weighted by Gasteiger charge is 2.26. The average molecular weight is 553 g/mol. The lowest BCUT2D eigenvalue weighted by molar-refractivity contribution is -0.540. The van der Waals surface area contributed by atoms with E-state index in [0.717, 1.165) is 38.0 Å². The molecule has 2 nitrogen and oxygen atoms in total. The Bertz CT molecular complexity index is 1640.